The van der Waals surface area contributed by atoms with Crippen LogP contribution in [0.25, 0.3) is 0 Å². The molecule has 1 unspecified atom stereocenters. The highest BCUT2D eigenvalue weighted by Gasteiger charge is 2.41. The first kappa shape index (κ1) is 23.7. The predicted octanol–water partition coefficient (Wildman–Crippen LogP) is 5.34. The molecule has 33 heavy (non-hydrogen) atoms. The number of alkyl carbamates (subject to hydrolysis) is 1. The Morgan fingerprint density at radius 2 is 1.79 bits per heavy atom. The first-order valence-corrected chi connectivity index (χ1v) is 9.91. The van der Waals surface area contributed by atoms with Gasteiger partial charge in [0.15, 0.2) is 0 Å². The van der Waals surface area contributed by atoms with E-state index in [1.165, 1.54) is 18.3 Å². The molecule has 0 spiro atoms. The van der Waals surface area contributed by atoms with E-state index in [4.69, 9.17) is 10.00 Å². The lowest BCUT2D eigenvalue weighted by atomic mass is 9.79. The van der Waals surface area contributed by atoms with Crippen LogP contribution in [-0.2, 0) is 22.9 Å². The molecule has 5 nitrogen and oxygen atoms in total. The molecule has 3 rings (SSSR count). The van der Waals surface area contributed by atoms with Crippen LogP contribution in [0, 0.1) is 17.1 Å². The van der Waals surface area contributed by atoms with Gasteiger partial charge in [-0.2, -0.15) is 18.4 Å². The van der Waals surface area contributed by atoms with Gasteiger partial charge in [-0.15, -0.1) is 0 Å². The predicted molar refractivity (Wildman–Crippen MR) is 111 cm³/mol. The van der Waals surface area contributed by atoms with E-state index in [1.54, 1.807) is 37.3 Å². The van der Waals surface area contributed by atoms with E-state index in [2.05, 4.69) is 10.3 Å². The van der Waals surface area contributed by atoms with E-state index in [9.17, 15) is 22.4 Å². The highest BCUT2D eigenvalue weighted by molar-refractivity contribution is 5.70. The molecule has 0 fully saturated rings. The van der Waals surface area contributed by atoms with Crippen molar-refractivity contribution in [2.45, 2.75) is 25.1 Å². The second-order valence-corrected chi connectivity index (χ2v) is 7.18. The molecule has 1 heterocycles. The molecule has 170 valence electrons. The van der Waals surface area contributed by atoms with Crippen LogP contribution in [0.4, 0.5) is 22.4 Å². The molecular formula is C24H19F4N3O2. The van der Waals surface area contributed by atoms with E-state index in [0.29, 0.717) is 11.6 Å². The number of pyridine rings is 1. The summed E-state index contributed by atoms with van der Waals surface area (Å²) < 4.78 is 60.0. The summed E-state index contributed by atoms with van der Waals surface area (Å²) in [6, 6.07) is 15.5. The number of hydrogen-bond donors (Lipinski definition) is 1. The van der Waals surface area contributed by atoms with E-state index in [1.807, 2.05) is 6.07 Å². The third-order valence-electron chi connectivity index (χ3n) is 4.95. The minimum absolute atomic E-state index is 0.00496. The second kappa shape index (κ2) is 9.69. The Kier molecular flexibility index (Phi) is 6.97. The lowest BCUT2D eigenvalue weighted by Gasteiger charge is -2.35. The van der Waals surface area contributed by atoms with Crippen LogP contribution in [0.15, 0.2) is 66.9 Å². The summed E-state index contributed by atoms with van der Waals surface area (Å²) in [6.07, 6.45) is -4.58. The third-order valence-corrected chi connectivity index (χ3v) is 4.95. The van der Waals surface area contributed by atoms with Crippen molar-refractivity contribution in [3.05, 3.63) is 101 Å². The number of nitrogens with one attached hydrogen (secondary N) is 1. The molecule has 1 N–H and O–H groups in total. The average molecular weight is 457 g/mol. The second-order valence-electron chi connectivity index (χ2n) is 7.18. The minimum atomic E-state index is -4.82. The molecule has 0 aliphatic rings. The molecule has 0 saturated carbocycles. The van der Waals surface area contributed by atoms with Gasteiger partial charge in [0.2, 0.25) is 0 Å². The molecular weight excluding hydrogens is 438 g/mol. The molecule has 1 atom stereocenters. The lowest BCUT2D eigenvalue weighted by molar-refractivity contribution is -0.137. The molecule has 9 heteroatoms. The number of alkyl halides is 3. The Balaban J connectivity index is 2.31. The summed E-state index contributed by atoms with van der Waals surface area (Å²) in [4.78, 5) is 16.8. The van der Waals surface area contributed by atoms with Gasteiger partial charge in [-0.25, -0.2) is 9.18 Å². The van der Waals surface area contributed by atoms with E-state index < -0.39 is 29.2 Å². The van der Waals surface area contributed by atoms with E-state index >= 15 is 0 Å². The van der Waals surface area contributed by atoms with Gasteiger partial charge in [0, 0.05) is 12.6 Å². The Morgan fingerprint density at radius 3 is 2.36 bits per heavy atom. The summed E-state index contributed by atoms with van der Waals surface area (Å²) in [6.45, 7) is 1.58. The van der Waals surface area contributed by atoms with E-state index in [-0.39, 0.29) is 29.8 Å². The molecule has 0 aliphatic carbocycles. The lowest BCUT2D eigenvalue weighted by Crippen LogP contribution is -2.49. The first-order chi connectivity index (χ1) is 15.7. The first-order valence-electron chi connectivity index (χ1n) is 9.91. The van der Waals surface area contributed by atoms with Crippen LogP contribution in [0.2, 0.25) is 0 Å². The van der Waals surface area contributed by atoms with Gasteiger partial charge < -0.3 is 10.1 Å². The molecule has 1 aromatic heterocycles. The summed E-state index contributed by atoms with van der Waals surface area (Å²) in [5.41, 5.74) is -2.17. The van der Waals surface area contributed by atoms with Crippen molar-refractivity contribution in [3.8, 4) is 6.07 Å². The maximum absolute atomic E-state index is 14.4. The van der Waals surface area contributed by atoms with Gasteiger partial charge in [0.1, 0.15) is 17.4 Å². The van der Waals surface area contributed by atoms with Gasteiger partial charge in [-0.05, 0) is 48.4 Å². The zero-order chi connectivity index (χ0) is 24.1. The fourth-order valence-electron chi connectivity index (χ4n) is 3.48. The van der Waals surface area contributed by atoms with E-state index in [0.717, 1.165) is 12.1 Å². The SMILES string of the molecule is CCOC(=O)NC(Cc1ccccc1)(c1cc(F)cc(C(F)(F)F)c1)c1ccc(C#N)cn1. The van der Waals surface area contributed by atoms with Gasteiger partial charge >= 0.3 is 12.3 Å². The van der Waals surface area contributed by atoms with Crippen molar-refractivity contribution in [2.24, 2.45) is 0 Å². The number of aromatic nitrogens is 1. The van der Waals surface area contributed by atoms with Crippen molar-refractivity contribution in [1.82, 2.24) is 10.3 Å². The zero-order valence-corrected chi connectivity index (χ0v) is 17.5. The maximum Gasteiger partial charge on any atom is 0.416 e. The average Bonchev–Trinajstić information content (AvgIpc) is 2.78. The van der Waals surface area contributed by atoms with Crippen molar-refractivity contribution >= 4 is 6.09 Å². The number of benzene rings is 2. The molecule has 1 amide bonds. The molecule has 0 radical (unpaired) electrons. The fourth-order valence-corrected chi connectivity index (χ4v) is 3.48. The number of nitrogens with zero attached hydrogens (tertiary/aromatic N) is 2. The van der Waals surface area contributed by atoms with Crippen LogP contribution in [0.1, 0.15) is 34.9 Å². The van der Waals surface area contributed by atoms with Crippen LogP contribution < -0.4 is 5.32 Å². The van der Waals surface area contributed by atoms with Crippen molar-refractivity contribution in [3.63, 3.8) is 0 Å². The van der Waals surface area contributed by atoms with Gasteiger partial charge in [0.05, 0.1) is 23.4 Å². The summed E-state index contributed by atoms with van der Waals surface area (Å²) in [5.74, 6) is -1.13. The molecule has 0 aliphatic heterocycles. The Bertz CT molecular complexity index is 1160. The zero-order valence-electron chi connectivity index (χ0n) is 17.5. The Labute approximate surface area is 187 Å². The van der Waals surface area contributed by atoms with Crippen LogP contribution >= 0.6 is 0 Å². The van der Waals surface area contributed by atoms with Crippen LogP contribution in [0.5, 0.6) is 0 Å². The largest absolute Gasteiger partial charge is 0.450 e. The normalized spacial score (nSPS) is 13.0. The Hall–Kier alpha value is -3.93. The third kappa shape index (κ3) is 5.47. The summed E-state index contributed by atoms with van der Waals surface area (Å²) in [7, 11) is 0. The van der Waals surface area contributed by atoms with Crippen molar-refractivity contribution in [2.75, 3.05) is 6.61 Å². The van der Waals surface area contributed by atoms with Crippen LogP contribution in [0.3, 0.4) is 0 Å². The Morgan fingerprint density at radius 1 is 1.09 bits per heavy atom. The number of halogens is 4. The number of amides is 1. The smallest absolute Gasteiger partial charge is 0.416 e. The van der Waals surface area contributed by atoms with Crippen LogP contribution in [-0.4, -0.2) is 17.7 Å². The number of nitriles is 1. The number of carbonyl (C=O) groups excluding carboxylic acids is 1. The highest BCUT2D eigenvalue weighted by atomic mass is 19.4. The van der Waals surface area contributed by atoms with Crippen molar-refractivity contribution in [1.29, 1.82) is 5.26 Å². The molecule has 3 aromatic rings. The minimum Gasteiger partial charge on any atom is -0.450 e. The highest BCUT2D eigenvalue weighted by Crippen LogP contribution is 2.37. The topological polar surface area (TPSA) is 75.0 Å². The number of rotatable bonds is 6. The van der Waals surface area contributed by atoms with Crippen molar-refractivity contribution < 1.29 is 27.1 Å². The number of ether oxygens (including phenoxy) is 1. The van der Waals surface area contributed by atoms with Gasteiger partial charge in [-0.3, -0.25) is 4.98 Å². The number of carbonyl (C=O) groups is 1. The molecule has 0 bridgehead atoms. The number of hydrogen-bond acceptors (Lipinski definition) is 4. The standard InChI is InChI=1S/C24H19F4N3O2/c1-2-33-22(32)31-23(13-16-6-4-3-5-7-16,21-9-8-17(14-29)15-30-21)18-10-19(24(26,27)28)12-20(25)11-18/h3-12,15H,2,13H2,1H3,(H,31,32). The summed E-state index contributed by atoms with van der Waals surface area (Å²) in [5, 5.41) is 11.7. The summed E-state index contributed by atoms with van der Waals surface area (Å²) >= 11 is 0. The van der Waals surface area contributed by atoms with Gasteiger partial charge in [-0.1, -0.05) is 30.3 Å². The molecule has 0 saturated heterocycles. The maximum atomic E-state index is 14.4. The molecule has 2 aromatic carbocycles. The fraction of sp³-hybridized carbons (Fsp3) is 0.208. The van der Waals surface area contributed by atoms with Gasteiger partial charge in [0.25, 0.3) is 0 Å². The quantitative estimate of drug-likeness (QED) is 0.507. The monoisotopic (exact) mass is 457 g/mol.